The van der Waals surface area contributed by atoms with Crippen molar-refractivity contribution in [3.8, 4) is 23.0 Å². The van der Waals surface area contributed by atoms with Gasteiger partial charge in [-0.25, -0.2) is 10.9 Å². The molecular formula is C20H22N4O6. The Morgan fingerprint density at radius 1 is 0.767 bits per heavy atom. The number of ether oxygens (including phenoxy) is 2. The normalized spacial score (nSPS) is 11.6. The van der Waals surface area contributed by atoms with Gasteiger partial charge in [-0.05, 0) is 50.2 Å². The standard InChI is InChI=1S/C20H22N4O6/c1-11(13-5-7-15(25)17(9-13)29-3)21-23-19(27)20(28)24-22-12(2)14-6-8-16(26)18(10-14)30-4/h5-10,25-26H,1-4H3,(H,23,27)(H,24,28). The number of rotatable bonds is 6. The molecule has 0 unspecified atom stereocenters. The molecule has 0 aliphatic heterocycles. The maximum Gasteiger partial charge on any atom is 0.331 e. The van der Waals surface area contributed by atoms with Crippen LogP contribution in [-0.4, -0.2) is 47.7 Å². The topological polar surface area (TPSA) is 142 Å². The van der Waals surface area contributed by atoms with Crippen molar-refractivity contribution in [2.75, 3.05) is 14.2 Å². The highest BCUT2D eigenvalue weighted by Gasteiger charge is 2.13. The molecule has 0 atom stereocenters. The number of hydrogen-bond acceptors (Lipinski definition) is 8. The highest BCUT2D eigenvalue weighted by atomic mass is 16.5. The van der Waals surface area contributed by atoms with Crippen LogP contribution >= 0.6 is 0 Å². The van der Waals surface area contributed by atoms with Crippen molar-refractivity contribution in [3.63, 3.8) is 0 Å². The van der Waals surface area contributed by atoms with E-state index in [-0.39, 0.29) is 23.0 Å². The molecule has 2 aromatic carbocycles. The van der Waals surface area contributed by atoms with E-state index in [0.717, 1.165) is 0 Å². The van der Waals surface area contributed by atoms with Gasteiger partial charge in [0, 0.05) is 11.1 Å². The van der Waals surface area contributed by atoms with E-state index in [1.165, 1.54) is 26.4 Å². The summed E-state index contributed by atoms with van der Waals surface area (Å²) in [6.07, 6.45) is 0. The van der Waals surface area contributed by atoms with Crippen LogP contribution in [0.5, 0.6) is 23.0 Å². The van der Waals surface area contributed by atoms with Gasteiger partial charge in [0.25, 0.3) is 0 Å². The number of phenols is 2. The van der Waals surface area contributed by atoms with Crippen molar-refractivity contribution in [1.29, 1.82) is 0 Å². The summed E-state index contributed by atoms with van der Waals surface area (Å²) in [6.45, 7) is 3.23. The molecule has 2 aromatic rings. The van der Waals surface area contributed by atoms with E-state index in [9.17, 15) is 19.8 Å². The Hall–Kier alpha value is -4.08. The third-order valence-electron chi connectivity index (χ3n) is 4.05. The molecule has 0 fully saturated rings. The number of carbonyl (C=O) groups is 2. The number of hydrazone groups is 2. The Kier molecular flexibility index (Phi) is 7.34. The number of methoxy groups -OCH3 is 2. The lowest BCUT2D eigenvalue weighted by atomic mass is 10.1. The van der Waals surface area contributed by atoms with E-state index in [1.54, 1.807) is 38.1 Å². The highest BCUT2D eigenvalue weighted by Crippen LogP contribution is 2.27. The summed E-state index contributed by atoms with van der Waals surface area (Å²) < 4.78 is 10.0. The van der Waals surface area contributed by atoms with Gasteiger partial charge in [0.1, 0.15) is 0 Å². The molecule has 0 aliphatic rings. The molecule has 10 nitrogen and oxygen atoms in total. The fourth-order valence-electron chi connectivity index (χ4n) is 2.31. The second-order valence-electron chi connectivity index (χ2n) is 6.05. The Bertz CT molecular complexity index is 935. The van der Waals surface area contributed by atoms with E-state index >= 15 is 0 Å². The van der Waals surface area contributed by atoms with Crippen molar-refractivity contribution in [2.45, 2.75) is 13.8 Å². The summed E-state index contributed by atoms with van der Waals surface area (Å²) >= 11 is 0. The van der Waals surface area contributed by atoms with E-state index < -0.39 is 11.8 Å². The monoisotopic (exact) mass is 414 g/mol. The molecule has 0 spiro atoms. The minimum absolute atomic E-state index is 0.0306. The molecular weight excluding hydrogens is 392 g/mol. The van der Waals surface area contributed by atoms with Crippen LogP contribution in [0.1, 0.15) is 25.0 Å². The summed E-state index contributed by atoms with van der Waals surface area (Å²) in [5.41, 5.74) is 6.22. The molecule has 2 amide bonds. The second-order valence-corrected chi connectivity index (χ2v) is 6.05. The van der Waals surface area contributed by atoms with Crippen molar-refractivity contribution in [2.24, 2.45) is 10.2 Å². The van der Waals surface area contributed by atoms with E-state index in [4.69, 9.17) is 9.47 Å². The predicted octanol–water partition coefficient (Wildman–Crippen LogP) is 1.50. The first-order valence-electron chi connectivity index (χ1n) is 8.70. The van der Waals surface area contributed by atoms with Gasteiger partial charge in [-0.2, -0.15) is 10.2 Å². The van der Waals surface area contributed by atoms with Gasteiger partial charge in [0.2, 0.25) is 0 Å². The number of benzene rings is 2. The molecule has 0 bridgehead atoms. The smallest absolute Gasteiger partial charge is 0.331 e. The van der Waals surface area contributed by atoms with Crippen LogP contribution in [0.3, 0.4) is 0 Å². The first kappa shape index (κ1) is 22.2. The zero-order valence-corrected chi connectivity index (χ0v) is 16.9. The second kappa shape index (κ2) is 9.92. The lowest BCUT2D eigenvalue weighted by Crippen LogP contribution is -2.36. The van der Waals surface area contributed by atoms with Crippen LogP contribution in [0.2, 0.25) is 0 Å². The van der Waals surface area contributed by atoms with Crippen LogP contribution in [0, 0.1) is 0 Å². The average molecular weight is 414 g/mol. The number of nitrogens with one attached hydrogen (secondary N) is 2. The summed E-state index contributed by atoms with van der Waals surface area (Å²) in [7, 11) is 2.82. The van der Waals surface area contributed by atoms with Gasteiger partial charge >= 0.3 is 11.8 Å². The van der Waals surface area contributed by atoms with E-state index in [2.05, 4.69) is 21.1 Å². The molecule has 0 heterocycles. The Labute approximate surface area is 172 Å². The summed E-state index contributed by atoms with van der Waals surface area (Å²) in [5, 5.41) is 27.0. The molecule has 0 saturated heterocycles. The van der Waals surface area contributed by atoms with Crippen LogP contribution in [-0.2, 0) is 9.59 Å². The fraction of sp³-hybridized carbons (Fsp3) is 0.200. The molecule has 0 aliphatic carbocycles. The Balaban J connectivity index is 2.01. The van der Waals surface area contributed by atoms with Crippen molar-refractivity contribution in [1.82, 2.24) is 10.9 Å². The molecule has 2 rings (SSSR count). The number of hydrogen-bond donors (Lipinski definition) is 4. The molecule has 4 N–H and O–H groups in total. The first-order valence-corrected chi connectivity index (χ1v) is 8.70. The number of carbonyl (C=O) groups excluding carboxylic acids is 2. The molecule has 0 radical (unpaired) electrons. The molecule has 30 heavy (non-hydrogen) atoms. The third-order valence-corrected chi connectivity index (χ3v) is 4.05. The van der Waals surface area contributed by atoms with E-state index in [0.29, 0.717) is 22.6 Å². The zero-order valence-electron chi connectivity index (χ0n) is 16.9. The Morgan fingerprint density at radius 3 is 1.47 bits per heavy atom. The molecule has 0 saturated carbocycles. The van der Waals surface area contributed by atoms with Crippen LogP contribution in [0.15, 0.2) is 46.6 Å². The number of phenolic OH excluding ortho intramolecular Hbond substituents is 2. The van der Waals surface area contributed by atoms with Crippen molar-refractivity contribution >= 4 is 23.2 Å². The van der Waals surface area contributed by atoms with Gasteiger partial charge in [0.05, 0.1) is 25.6 Å². The summed E-state index contributed by atoms with van der Waals surface area (Å²) in [5.74, 6) is -1.59. The Morgan fingerprint density at radius 2 is 1.13 bits per heavy atom. The van der Waals surface area contributed by atoms with E-state index in [1.807, 2.05) is 0 Å². The number of amides is 2. The third kappa shape index (κ3) is 5.47. The van der Waals surface area contributed by atoms with Crippen molar-refractivity contribution < 1.29 is 29.3 Å². The minimum Gasteiger partial charge on any atom is -0.504 e. The minimum atomic E-state index is -1.01. The summed E-state index contributed by atoms with van der Waals surface area (Å²) in [6, 6.07) is 9.11. The number of nitrogens with zero attached hydrogens (tertiary/aromatic N) is 2. The zero-order chi connectivity index (χ0) is 22.3. The van der Waals surface area contributed by atoms with Crippen LogP contribution < -0.4 is 20.3 Å². The molecule has 0 aromatic heterocycles. The van der Waals surface area contributed by atoms with Gasteiger partial charge in [-0.15, -0.1) is 0 Å². The lowest BCUT2D eigenvalue weighted by Gasteiger charge is -2.07. The van der Waals surface area contributed by atoms with Crippen LogP contribution in [0.25, 0.3) is 0 Å². The van der Waals surface area contributed by atoms with Gasteiger partial charge in [0.15, 0.2) is 23.0 Å². The average Bonchev–Trinajstić information content (AvgIpc) is 2.75. The van der Waals surface area contributed by atoms with Gasteiger partial charge < -0.3 is 19.7 Å². The number of aromatic hydroxyl groups is 2. The van der Waals surface area contributed by atoms with Gasteiger partial charge in [-0.1, -0.05) is 0 Å². The fourth-order valence-corrected chi connectivity index (χ4v) is 2.31. The molecule has 158 valence electrons. The van der Waals surface area contributed by atoms with Gasteiger partial charge in [-0.3, -0.25) is 9.59 Å². The lowest BCUT2D eigenvalue weighted by molar-refractivity contribution is -0.139. The highest BCUT2D eigenvalue weighted by molar-refractivity contribution is 6.35. The molecule has 10 heteroatoms. The quantitative estimate of drug-likeness (QED) is 0.321. The summed E-state index contributed by atoms with van der Waals surface area (Å²) in [4.78, 5) is 23.9. The maximum absolute atomic E-state index is 11.9. The first-order chi connectivity index (χ1) is 14.3. The predicted molar refractivity (Wildman–Crippen MR) is 110 cm³/mol. The van der Waals surface area contributed by atoms with Crippen LogP contribution in [0.4, 0.5) is 0 Å². The SMILES string of the molecule is COc1cc(C(C)=NNC(=O)C(=O)NN=C(C)c2ccc(O)c(OC)c2)ccc1O. The van der Waals surface area contributed by atoms with Crippen molar-refractivity contribution in [3.05, 3.63) is 47.5 Å². The largest absolute Gasteiger partial charge is 0.504 e. The maximum atomic E-state index is 11.9.